The van der Waals surface area contributed by atoms with Gasteiger partial charge in [-0.3, -0.25) is 4.90 Å². The van der Waals surface area contributed by atoms with Crippen LogP contribution < -0.4 is 5.73 Å². The van der Waals surface area contributed by atoms with Gasteiger partial charge in [0, 0.05) is 37.1 Å². The van der Waals surface area contributed by atoms with E-state index in [0.29, 0.717) is 6.54 Å². The van der Waals surface area contributed by atoms with Crippen molar-refractivity contribution in [1.29, 1.82) is 0 Å². The minimum absolute atomic E-state index is 0.250. The van der Waals surface area contributed by atoms with E-state index in [4.69, 9.17) is 10.2 Å². The number of rotatable bonds is 5. The van der Waals surface area contributed by atoms with Crippen LogP contribution in [-0.4, -0.2) is 35.5 Å². The third kappa shape index (κ3) is 3.11. The summed E-state index contributed by atoms with van der Waals surface area (Å²) < 4.78 is 5.88. The second kappa shape index (κ2) is 6.64. The molecular formula is C14H24N2OS. The van der Waals surface area contributed by atoms with Crippen LogP contribution >= 0.6 is 11.8 Å². The molecule has 1 aromatic heterocycles. The van der Waals surface area contributed by atoms with Gasteiger partial charge in [-0.2, -0.15) is 11.8 Å². The number of aryl methyl sites for hydroxylation is 1. The number of hydrogen-bond acceptors (Lipinski definition) is 4. The summed E-state index contributed by atoms with van der Waals surface area (Å²) in [4.78, 5) is 2.49. The summed E-state index contributed by atoms with van der Waals surface area (Å²) in [6.07, 6.45) is 2.18. The molecule has 1 aliphatic rings. The first-order valence-corrected chi connectivity index (χ1v) is 7.97. The zero-order chi connectivity index (χ0) is 13.0. The van der Waals surface area contributed by atoms with E-state index >= 15 is 0 Å². The molecule has 2 heterocycles. The molecule has 2 atom stereocenters. The lowest BCUT2D eigenvalue weighted by Crippen LogP contribution is -2.42. The third-order valence-electron chi connectivity index (χ3n) is 3.65. The SMILES string of the molecule is CCc1ccc(C(CN)N2CCSC(CC)C2)o1. The zero-order valence-electron chi connectivity index (χ0n) is 11.4. The maximum Gasteiger partial charge on any atom is 0.122 e. The monoisotopic (exact) mass is 268 g/mol. The predicted octanol–water partition coefficient (Wildman–Crippen LogP) is 2.67. The lowest BCUT2D eigenvalue weighted by atomic mass is 10.1. The summed E-state index contributed by atoms with van der Waals surface area (Å²) in [7, 11) is 0. The van der Waals surface area contributed by atoms with E-state index in [-0.39, 0.29) is 6.04 Å². The van der Waals surface area contributed by atoms with Crippen molar-refractivity contribution in [3.05, 3.63) is 23.7 Å². The highest BCUT2D eigenvalue weighted by Crippen LogP contribution is 2.29. The van der Waals surface area contributed by atoms with Gasteiger partial charge in [0.1, 0.15) is 11.5 Å². The van der Waals surface area contributed by atoms with Crippen molar-refractivity contribution in [3.8, 4) is 0 Å². The second-order valence-corrected chi connectivity index (χ2v) is 6.21. The molecular weight excluding hydrogens is 244 g/mol. The third-order valence-corrected chi connectivity index (χ3v) is 5.02. The normalized spacial score (nSPS) is 23.2. The second-order valence-electron chi connectivity index (χ2n) is 4.81. The number of nitrogens with two attached hydrogens (primary N) is 1. The fraction of sp³-hybridized carbons (Fsp3) is 0.714. The molecule has 2 unspecified atom stereocenters. The fourth-order valence-corrected chi connectivity index (χ4v) is 3.69. The molecule has 0 radical (unpaired) electrons. The van der Waals surface area contributed by atoms with Crippen LogP contribution in [0.3, 0.4) is 0 Å². The lowest BCUT2D eigenvalue weighted by molar-refractivity contribution is 0.182. The highest BCUT2D eigenvalue weighted by Gasteiger charge is 2.27. The van der Waals surface area contributed by atoms with E-state index in [1.54, 1.807) is 0 Å². The van der Waals surface area contributed by atoms with Crippen molar-refractivity contribution >= 4 is 11.8 Å². The molecule has 102 valence electrons. The number of hydrogen-bond donors (Lipinski definition) is 1. The zero-order valence-corrected chi connectivity index (χ0v) is 12.2. The predicted molar refractivity (Wildman–Crippen MR) is 78.0 cm³/mol. The average Bonchev–Trinajstić information content (AvgIpc) is 2.88. The van der Waals surface area contributed by atoms with Crippen molar-refractivity contribution < 1.29 is 4.42 Å². The van der Waals surface area contributed by atoms with Gasteiger partial charge in [0.25, 0.3) is 0 Å². The Morgan fingerprint density at radius 1 is 1.50 bits per heavy atom. The van der Waals surface area contributed by atoms with Crippen LogP contribution in [0, 0.1) is 0 Å². The molecule has 0 bridgehead atoms. The van der Waals surface area contributed by atoms with Gasteiger partial charge in [-0.25, -0.2) is 0 Å². The van der Waals surface area contributed by atoms with Crippen LogP contribution in [0.2, 0.25) is 0 Å². The largest absolute Gasteiger partial charge is 0.464 e. The summed E-state index contributed by atoms with van der Waals surface area (Å²) in [5, 5.41) is 0.744. The summed E-state index contributed by atoms with van der Waals surface area (Å²) in [6, 6.07) is 4.42. The molecule has 1 aliphatic heterocycles. The minimum Gasteiger partial charge on any atom is -0.464 e. The van der Waals surface area contributed by atoms with Crippen molar-refractivity contribution in [3.63, 3.8) is 0 Å². The Balaban J connectivity index is 2.07. The van der Waals surface area contributed by atoms with E-state index < -0.39 is 0 Å². The Hall–Kier alpha value is -0.450. The maximum atomic E-state index is 5.96. The smallest absolute Gasteiger partial charge is 0.122 e. The van der Waals surface area contributed by atoms with E-state index in [9.17, 15) is 0 Å². The standard InChI is InChI=1S/C14H24N2OS/c1-3-11-5-6-14(17-11)13(9-15)16-7-8-18-12(4-2)10-16/h5-6,12-13H,3-4,7-10,15H2,1-2H3. The van der Waals surface area contributed by atoms with E-state index in [1.807, 2.05) is 0 Å². The highest BCUT2D eigenvalue weighted by molar-refractivity contribution is 8.00. The Morgan fingerprint density at radius 2 is 2.33 bits per heavy atom. The van der Waals surface area contributed by atoms with Crippen LogP contribution in [0.25, 0.3) is 0 Å². The van der Waals surface area contributed by atoms with Gasteiger partial charge < -0.3 is 10.2 Å². The molecule has 2 rings (SSSR count). The number of furan rings is 1. The molecule has 18 heavy (non-hydrogen) atoms. The van der Waals surface area contributed by atoms with Crippen LogP contribution in [0.5, 0.6) is 0 Å². The Labute approximate surface area is 114 Å². The van der Waals surface area contributed by atoms with E-state index in [1.165, 1.54) is 12.2 Å². The fourth-order valence-electron chi connectivity index (χ4n) is 2.48. The van der Waals surface area contributed by atoms with Crippen LogP contribution in [-0.2, 0) is 6.42 Å². The number of nitrogens with zero attached hydrogens (tertiary/aromatic N) is 1. The molecule has 1 aromatic rings. The molecule has 0 aromatic carbocycles. The van der Waals surface area contributed by atoms with Crippen molar-refractivity contribution in [2.24, 2.45) is 5.73 Å². The van der Waals surface area contributed by atoms with Gasteiger partial charge in [-0.15, -0.1) is 0 Å². The highest BCUT2D eigenvalue weighted by atomic mass is 32.2. The molecule has 1 fully saturated rings. The van der Waals surface area contributed by atoms with Crippen molar-refractivity contribution in [1.82, 2.24) is 4.90 Å². The molecule has 0 aliphatic carbocycles. The molecule has 0 amide bonds. The first-order valence-electron chi connectivity index (χ1n) is 6.92. The molecule has 0 saturated carbocycles. The van der Waals surface area contributed by atoms with Crippen molar-refractivity contribution in [2.45, 2.75) is 38.0 Å². The first-order chi connectivity index (χ1) is 8.78. The van der Waals surface area contributed by atoms with E-state index in [2.05, 4.69) is 42.6 Å². The molecule has 1 saturated heterocycles. The van der Waals surface area contributed by atoms with Crippen LogP contribution in [0.15, 0.2) is 16.5 Å². The Morgan fingerprint density at radius 3 is 2.94 bits per heavy atom. The Bertz CT molecular complexity index is 366. The Kier molecular flexibility index (Phi) is 5.15. The maximum absolute atomic E-state index is 5.96. The van der Waals surface area contributed by atoms with Crippen LogP contribution in [0.1, 0.15) is 37.8 Å². The summed E-state index contributed by atoms with van der Waals surface area (Å²) >= 11 is 2.09. The average molecular weight is 268 g/mol. The van der Waals surface area contributed by atoms with Gasteiger partial charge in [-0.05, 0) is 18.6 Å². The quantitative estimate of drug-likeness (QED) is 0.891. The summed E-state index contributed by atoms with van der Waals surface area (Å²) in [5.41, 5.74) is 5.96. The van der Waals surface area contributed by atoms with Gasteiger partial charge in [0.05, 0.1) is 6.04 Å². The lowest BCUT2D eigenvalue weighted by Gasteiger charge is -2.36. The van der Waals surface area contributed by atoms with Gasteiger partial charge in [0.2, 0.25) is 0 Å². The van der Waals surface area contributed by atoms with Gasteiger partial charge >= 0.3 is 0 Å². The molecule has 4 heteroatoms. The first kappa shape index (κ1) is 14.0. The van der Waals surface area contributed by atoms with Gasteiger partial charge in [-0.1, -0.05) is 13.8 Å². The van der Waals surface area contributed by atoms with E-state index in [0.717, 1.165) is 36.3 Å². The molecule has 0 spiro atoms. The molecule has 3 nitrogen and oxygen atoms in total. The minimum atomic E-state index is 0.250. The summed E-state index contributed by atoms with van der Waals surface area (Å²) in [5.74, 6) is 3.30. The van der Waals surface area contributed by atoms with Gasteiger partial charge in [0.15, 0.2) is 0 Å². The van der Waals surface area contributed by atoms with Crippen LogP contribution in [0.4, 0.5) is 0 Å². The number of thioether (sulfide) groups is 1. The summed E-state index contributed by atoms with van der Waals surface area (Å²) in [6.45, 7) is 7.26. The topological polar surface area (TPSA) is 42.4 Å². The van der Waals surface area contributed by atoms with Crippen molar-refractivity contribution in [2.75, 3.05) is 25.4 Å². The molecule has 2 N–H and O–H groups in total.